The molecule has 0 saturated carbocycles. The maximum atomic E-state index is 12.8. The van der Waals surface area contributed by atoms with E-state index < -0.39 is 0 Å². The Morgan fingerprint density at radius 2 is 1.84 bits per heavy atom. The first kappa shape index (κ1) is 22.6. The lowest BCUT2D eigenvalue weighted by Crippen LogP contribution is -2.26. The molecule has 0 bridgehead atoms. The normalized spacial score (nSPS) is 11.7. The Balaban J connectivity index is 1.69. The first-order chi connectivity index (χ1) is 15.0. The fraction of sp³-hybridized carbons (Fsp3) is 0.292. The van der Waals surface area contributed by atoms with Gasteiger partial charge in [0, 0.05) is 23.4 Å². The van der Waals surface area contributed by atoms with Crippen molar-refractivity contribution < 1.29 is 9.53 Å². The van der Waals surface area contributed by atoms with E-state index in [2.05, 4.69) is 15.3 Å². The summed E-state index contributed by atoms with van der Waals surface area (Å²) in [5.74, 6) is 0.625. The second-order valence-corrected chi connectivity index (χ2v) is 8.25. The number of benzene rings is 2. The highest BCUT2D eigenvalue weighted by molar-refractivity contribution is 8.00. The zero-order chi connectivity index (χ0) is 22.2. The lowest BCUT2D eigenvalue weighted by atomic mass is 10.1. The summed E-state index contributed by atoms with van der Waals surface area (Å²) in [6.07, 6.45) is 1.12. The molecule has 1 heterocycles. The van der Waals surface area contributed by atoms with Gasteiger partial charge in [-0.1, -0.05) is 49.0 Å². The van der Waals surface area contributed by atoms with Crippen molar-refractivity contribution in [3.63, 3.8) is 0 Å². The maximum Gasteiger partial charge on any atom is 0.255 e. The number of aryl methyl sites for hydroxylation is 1. The predicted octanol–water partition coefficient (Wildman–Crippen LogP) is 4.58. The molecule has 0 aliphatic heterocycles. The van der Waals surface area contributed by atoms with Crippen LogP contribution in [0.1, 0.15) is 37.1 Å². The summed E-state index contributed by atoms with van der Waals surface area (Å²) in [6.45, 7) is 6.28. The van der Waals surface area contributed by atoms with E-state index in [0.29, 0.717) is 41.5 Å². The average molecular weight is 438 g/mol. The van der Waals surface area contributed by atoms with Gasteiger partial charge in [-0.2, -0.15) is 0 Å². The van der Waals surface area contributed by atoms with E-state index >= 15 is 0 Å². The van der Waals surface area contributed by atoms with Gasteiger partial charge in [-0.3, -0.25) is 9.59 Å². The fourth-order valence-electron chi connectivity index (χ4n) is 3.13. The minimum absolute atomic E-state index is 0.134. The molecule has 7 heteroatoms. The number of aromatic amines is 1. The topological polar surface area (TPSA) is 84.1 Å². The summed E-state index contributed by atoms with van der Waals surface area (Å²) in [5, 5.41) is 2.99. The van der Waals surface area contributed by atoms with Gasteiger partial charge in [0.2, 0.25) is 5.91 Å². The number of hydrogen-bond acceptors (Lipinski definition) is 5. The quantitative estimate of drug-likeness (QED) is 0.378. The van der Waals surface area contributed by atoms with Crippen LogP contribution in [0.5, 0.6) is 5.75 Å². The molecule has 1 atom stereocenters. The van der Waals surface area contributed by atoms with Crippen LogP contribution in [-0.4, -0.2) is 27.7 Å². The number of carbonyl (C=O) groups excluding carboxylic acids is 1. The Morgan fingerprint density at radius 1 is 1.13 bits per heavy atom. The van der Waals surface area contributed by atoms with Crippen LogP contribution in [0.4, 0.5) is 5.69 Å². The minimum atomic E-state index is -0.380. The van der Waals surface area contributed by atoms with Crippen LogP contribution >= 0.6 is 11.8 Å². The summed E-state index contributed by atoms with van der Waals surface area (Å²) in [4.78, 5) is 32.8. The number of nitrogens with one attached hydrogen (secondary N) is 2. The molecular weight excluding hydrogens is 410 g/mol. The van der Waals surface area contributed by atoms with E-state index in [1.54, 1.807) is 0 Å². The molecule has 31 heavy (non-hydrogen) atoms. The molecule has 0 radical (unpaired) electrons. The maximum absolute atomic E-state index is 12.8. The lowest BCUT2D eigenvalue weighted by Gasteiger charge is -2.15. The van der Waals surface area contributed by atoms with Crippen LogP contribution in [0, 0.1) is 6.92 Å². The molecule has 2 aromatic carbocycles. The van der Waals surface area contributed by atoms with Crippen molar-refractivity contribution in [3.8, 4) is 5.75 Å². The van der Waals surface area contributed by atoms with E-state index in [-0.39, 0.29) is 16.7 Å². The second-order valence-electron chi connectivity index (χ2n) is 7.06. The van der Waals surface area contributed by atoms with Crippen LogP contribution in [0.15, 0.2) is 64.5 Å². The lowest BCUT2D eigenvalue weighted by molar-refractivity contribution is -0.115. The SMILES string of the molecule is CCOc1ccc(NC(=O)C(CC)Sc2nc(C)c(Cc3ccccc3)c(=O)[nH]2)cc1. The number of aromatic nitrogens is 2. The van der Waals surface area contributed by atoms with Crippen LogP contribution < -0.4 is 15.6 Å². The Labute approximate surface area is 186 Å². The van der Waals surface area contributed by atoms with Gasteiger partial charge in [-0.15, -0.1) is 0 Å². The van der Waals surface area contributed by atoms with Crippen molar-refractivity contribution in [1.82, 2.24) is 9.97 Å². The summed E-state index contributed by atoms with van der Waals surface area (Å²) < 4.78 is 5.42. The molecule has 0 aliphatic carbocycles. The first-order valence-corrected chi connectivity index (χ1v) is 11.2. The molecule has 3 aromatic rings. The highest BCUT2D eigenvalue weighted by Gasteiger charge is 2.20. The van der Waals surface area contributed by atoms with E-state index in [1.807, 2.05) is 75.4 Å². The summed E-state index contributed by atoms with van der Waals surface area (Å²) in [7, 11) is 0. The number of ether oxygens (including phenoxy) is 1. The molecular formula is C24H27N3O3S. The Morgan fingerprint density at radius 3 is 2.45 bits per heavy atom. The van der Waals surface area contributed by atoms with Crippen LogP contribution in [0.25, 0.3) is 0 Å². The molecule has 6 nitrogen and oxygen atoms in total. The van der Waals surface area contributed by atoms with Crippen molar-refractivity contribution in [3.05, 3.63) is 81.8 Å². The molecule has 0 saturated heterocycles. The van der Waals surface area contributed by atoms with Crippen LogP contribution in [0.2, 0.25) is 0 Å². The molecule has 0 fully saturated rings. The Kier molecular flexibility index (Phi) is 7.89. The molecule has 1 aromatic heterocycles. The fourth-order valence-corrected chi connectivity index (χ4v) is 4.07. The minimum Gasteiger partial charge on any atom is -0.494 e. The van der Waals surface area contributed by atoms with Crippen molar-refractivity contribution in [2.75, 3.05) is 11.9 Å². The number of nitrogens with zero attached hydrogens (tertiary/aromatic N) is 1. The van der Waals surface area contributed by atoms with Crippen LogP contribution in [0.3, 0.4) is 0 Å². The third kappa shape index (κ3) is 6.21. The second kappa shape index (κ2) is 10.8. The van der Waals surface area contributed by atoms with Gasteiger partial charge in [-0.25, -0.2) is 4.98 Å². The number of amides is 1. The Hall–Kier alpha value is -3.06. The number of H-pyrrole nitrogens is 1. The van der Waals surface area contributed by atoms with Crippen LogP contribution in [-0.2, 0) is 11.2 Å². The van der Waals surface area contributed by atoms with Crippen molar-refractivity contribution >= 4 is 23.4 Å². The number of anilines is 1. The standard InChI is InChI=1S/C24H27N3O3S/c1-4-21(23(29)26-18-11-13-19(14-12-18)30-5-2)31-24-25-16(3)20(22(28)27-24)15-17-9-7-6-8-10-17/h6-14,21H,4-5,15H2,1-3H3,(H,26,29)(H,25,27,28). The summed E-state index contributed by atoms with van der Waals surface area (Å²) in [5.41, 5.74) is 2.91. The smallest absolute Gasteiger partial charge is 0.255 e. The van der Waals surface area contributed by atoms with Crippen molar-refractivity contribution in [1.29, 1.82) is 0 Å². The van der Waals surface area contributed by atoms with Crippen molar-refractivity contribution in [2.24, 2.45) is 0 Å². The number of rotatable bonds is 9. The van der Waals surface area contributed by atoms with Gasteiger partial charge in [0.25, 0.3) is 5.56 Å². The van der Waals surface area contributed by atoms with Gasteiger partial charge >= 0.3 is 0 Å². The van der Waals surface area contributed by atoms with E-state index in [0.717, 1.165) is 11.3 Å². The molecule has 0 aliphatic rings. The Bertz CT molecular complexity index is 1070. The third-order valence-corrected chi connectivity index (χ3v) is 6.02. The van der Waals surface area contributed by atoms with Gasteiger partial charge in [0.15, 0.2) is 5.16 Å². The molecule has 1 unspecified atom stereocenters. The zero-order valence-corrected chi connectivity index (χ0v) is 18.8. The zero-order valence-electron chi connectivity index (χ0n) is 18.0. The summed E-state index contributed by atoms with van der Waals surface area (Å²) in [6, 6.07) is 17.1. The third-order valence-electron chi connectivity index (χ3n) is 4.77. The first-order valence-electron chi connectivity index (χ1n) is 10.3. The van der Waals surface area contributed by atoms with Gasteiger partial charge in [0.1, 0.15) is 5.75 Å². The monoisotopic (exact) mass is 437 g/mol. The van der Waals surface area contributed by atoms with Gasteiger partial charge < -0.3 is 15.0 Å². The highest BCUT2D eigenvalue weighted by Crippen LogP contribution is 2.24. The molecule has 3 rings (SSSR count). The summed E-state index contributed by atoms with van der Waals surface area (Å²) >= 11 is 1.27. The average Bonchev–Trinajstić information content (AvgIpc) is 2.77. The molecule has 1 amide bonds. The number of thioether (sulfide) groups is 1. The van der Waals surface area contributed by atoms with E-state index in [9.17, 15) is 9.59 Å². The highest BCUT2D eigenvalue weighted by atomic mass is 32.2. The molecule has 0 spiro atoms. The van der Waals surface area contributed by atoms with Gasteiger partial charge in [0.05, 0.1) is 11.9 Å². The number of hydrogen-bond donors (Lipinski definition) is 2. The molecule has 2 N–H and O–H groups in total. The van der Waals surface area contributed by atoms with Crippen molar-refractivity contribution in [2.45, 2.75) is 44.0 Å². The number of carbonyl (C=O) groups is 1. The van der Waals surface area contributed by atoms with Gasteiger partial charge in [-0.05, 0) is 50.1 Å². The van der Waals surface area contributed by atoms with E-state index in [4.69, 9.17) is 4.74 Å². The van der Waals surface area contributed by atoms with E-state index in [1.165, 1.54) is 11.8 Å². The molecule has 162 valence electrons. The largest absolute Gasteiger partial charge is 0.494 e. The predicted molar refractivity (Wildman–Crippen MR) is 125 cm³/mol.